The first-order valence-electron chi connectivity index (χ1n) is 8.34. The van der Waals surface area contributed by atoms with E-state index in [-0.39, 0.29) is 0 Å². The van der Waals surface area contributed by atoms with Crippen molar-refractivity contribution in [3.05, 3.63) is 12.2 Å². The minimum atomic E-state index is 0.369. The average Bonchev–Trinajstić information content (AvgIpc) is 2.48. The van der Waals surface area contributed by atoms with Crippen LogP contribution in [0.2, 0.25) is 0 Å². The van der Waals surface area contributed by atoms with Gasteiger partial charge in [-0.15, -0.1) is 0 Å². The minimum Gasteiger partial charge on any atom is -0.198 e. The maximum Gasteiger partial charge on any atom is 0.0655 e. The monoisotopic (exact) mass is 259 g/mol. The normalized spacial score (nSPS) is 36.2. The van der Waals surface area contributed by atoms with E-state index in [0.717, 1.165) is 17.8 Å². The summed E-state index contributed by atoms with van der Waals surface area (Å²) >= 11 is 0. The molecule has 2 saturated carbocycles. The SMILES string of the molecule is C/C=C/CCC1CCC(C2CCC(C#N)CC2)CC1. The van der Waals surface area contributed by atoms with Gasteiger partial charge >= 0.3 is 0 Å². The van der Waals surface area contributed by atoms with Crippen LogP contribution in [0.4, 0.5) is 0 Å². The van der Waals surface area contributed by atoms with Crippen LogP contribution in [0.1, 0.15) is 71.1 Å². The number of rotatable bonds is 4. The van der Waals surface area contributed by atoms with Crippen LogP contribution in [0.3, 0.4) is 0 Å². The van der Waals surface area contributed by atoms with E-state index in [1.54, 1.807) is 0 Å². The molecule has 0 bridgehead atoms. The molecule has 0 aliphatic heterocycles. The molecule has 0 atom stereocenters. The van der Waals surface area contributed by atoms with Gasteiger partial charge < -0.3 is 0 Å². The van der Waals surface area contributed by atoms with E-state index < -0.39 is 0 Å². The van der Waals surface area contributed by atoms with Gasteiger partial charge in [0.05, 0.1) is 6.07 Å². The first-order valence-corrected chi connectivity index (χ1v) is 8.34. The molecule has 2 aliphatic carbocycles. The second kappa shape index (κ2) is 7.73. The molecule has 0 radical (unpaired) electrons. The minimum absolute atomic E-state index is 0.369. The van der Waals surface area contributed by atoms with Crippen molar-refractivity contribution >= 4 is 0 Å². The van der Waals surface area contributed by atoms with Crippen LogP contribution >= 0.6 is 0 Å². The van der Waals surface area contributed by atoms with Crippen molar-refractivity contribution in [3.63, 3.8) is 0 Å². The van der Waals surface area contributed by atoms with Crippen molar-refractivity contribution in [3.8, 4) is 6.07 Å². The van der Waals surface area contributed by atoms with Crippen molar-refractivity contribution in [2.24, 2.45) is 23.7 Å². The Kier molecular flexibility index (Phi) is 5.95. The topological polar surface area (TPSA) is 23.8 Å². The highest BCUT2D eigenvalue weighted by atomic mass is 14.4. The summed E-state index contributed by atoms with van der Waals surface area (Å²) in [5.74, 6) is 3.29. The van der Waals surface area contributed by atoms with E-state index in [0.29, 0.717) is 5.92 Å². The molecule has 0 spiro atoms. The molecule has 19 heavy (non-hydrogen) atoms. The van der Waals surface area contributed by atoms with Crippen molar-refractivity contribution in [1.82, 2.24) is 0 Å². The largest absolute Gasteiger partial charge is 0.198 e. The Morgan fingerprint density at radius 1 is 0.947 bits per heavy atom. The van der Waals surface area contributed by atoms with Crippen LogP contribution in [0.25, 0.3) is 0 Å². The number of nitriles is 1. The van der Waals surface area contributed by atoms with Crippen molar-refractivity contribution < 1.29 is 0 Å². The van der Waals surface area contributed by atoms with Gasteiger partial charge in [0.25, 0.3) is 0 Å². The standard InChI is InChI=1S/C18H29N/c1-2-3-4-5-15-6-10-17(11-7-15)18-12-8-16(14-19)9-13-18/h2-3,15-18H,4-13H2,1H3/b3-2+. The molecule has 0 heterocycles. The first-order chi connectivity index (χ1) is 9.33. The highest BCUT2D eigenvalue weighted by Crippen LogP contribution is 2.42. The molecule has 0 saturated heterocycles. The lowest BCUT2D eigenvalue weighted by atomic mass is 9.69. The Bertz CT molecular complexity index is 309. The van der Waals surface area contributed by atoms with E-state index in [1.807, 2.05) is 0 Å². The number of hydrogen-bond donors (Lipinski definition) is 0. The summed E-state index contributed by atoms with van der Waals surface area (Å²) in [6.45, 7) is 2.12. The molecule has 1 nitrogen and oxygen atoms in total. The van der Waals surface area contributed by atoms with E-state index in [1.165, 1.54) is 64.2 Å². The molecule has 106 valence electrons. The quantitative estimate of drug-likeness (QED) is 0.613. The second-order valence-corrected chi connectivity index (χ2v) is 6.67. The predicted octanol–water partition coefficient (Wildman–Crippen LogP) is 5.48. The number of hydrogen-bond acceptors (Lipinski definition) is 1. The predicted molar refractivity (Wildman–Crippen MR) is 80.6 cm³/mol. The van der Waals surface area contributed by atoms with Crippen LogP contribution < -0.4 is 0 Å². The summed E-state index contributed by atoms with van der Waals surface area (Å²) in [5.41, 5.74) is 0. The molecule has 2 aliphatic rings. The molecular formula is C18H29N. The molecular weight excluding hydrogens is 230 g/mol. The number of nitrogens with zero attached hydrogens (tertiary/aromatic N) is 1. The van der Waals surface area contributed by atoms with E-state index in [4.69, 9.17) is 5.26 Å². The molecule has 0 unspecified atom stereocenters. The lowest BCUT2D eigenvalue weighted by Crippen LogP contribution is -2.25. The fraction of sp³-hybridized carbons (Fsp3) is 0.833. The zero-order valence-corrected chi connectivity index (χ0v) is 12.5. The lowest BCUT2D eigenvalue weighted by molar-refractivity contribution is 0.154. The third-order valence-electron chi connectivity index (χ3n) is 5.49. The maximum atomic E-state index is 8.97. The van der Waals surface area contributed by atoms with Gasteiger partial charge in [0, 0.05) is 5.92 Å². The molecule has 0 aromatic heterocycles. The molecule has 0 N–H and O–H groups in total. The van der Waals surface area contributed by atoms with E-state index >= 15 is 0 Å². The lowest BCUT2D eigenvalue weighted by Gasteiger charge is -2.36. The smallest absolute Gasteiger partial charge is 0.0655 e. The maximum absolute atomic E-state index is 8.97. The Hall–Kier alpha value is -0.770. The molecule has 1 heteroatoms. The summed E-state index contributed by atoms with van der Waals surface area (Å²) in [4.78, 5) is 0. The van der Waals surface area contributed by atoms with Gasteiger partial charge in [0.1, 0.15) is 0 Å². The third-order valence-corrected chi connectivity index (χ3v) is 5.49. The summed E-state index contributed by atoms with van der Waals surface area (Å²) in [5, 5.41) is 8.97. The Morgan fingerprint density at radius 2 is 1.53 bits per heavy atom. The van der Waals surface area contributed by atoms with Gasteiger partial charge in [-0.25, -0.2) is 0 Å². The molecule has 0 aromatic rings. The summed E-state index contributed by atoms with van der Waals surface area (Å²) < 4.78 is 0. The summed E-state index contributed by atoms with van der Waals surface area (Å²) in [7, 11) is 0. The fourth-order valence-corrected chi connectivity index (χ4v) is 4.17. The zero-order valence-electron chi connectivity index (χ0n) is 12.5. The fourth-order valence-electron chi connectivity index (χ4n) is 4.17. The second-order valence-electron chi connectivity index (χ2n) is 6.67. The highest BCUT2D eigenvalue weighted by Gasteiger charge is 2.30. The zero-order chi connectivity index (χ0) is 13.5. The third kappa shape index (κ3) is 4.37. The van der Waals surface area contributed by atoms with Crippen LogP contribution in [-0.2, 0) is 0 Å². The van der Waals surface area contributed by atoms with Crippen molar-refractivity contribution in [2.45, 2.75) is 71.1 Å². The molecule has 2 rings (SSSR count). The number of allylic oxidation sites excluding steroid dienone is 2. The van der Waals surface area contributed by atoms with Gasteiger partial charge in [-0.3, -0.25) is 0 Å². The Labute approximate surface area is 119 Å². The van der Waals surface area contributed by atoms with Gasteiger partial charge in [-0.2, -0.15) is 5.26 Å². The molecule has 0 amide bonds. The van der Waals surface area contributed by atoms with E-state index in [2.05, 4.69) is 25.1 Å². The van der Waals surface area contributed by atoms with Crippen molar-refractivity contribution in [1.29, 1.82) is 5.26 Å². The van der Waals surface area contributed by atoms with Gasteiger partial charge in [0.2, 0.25) is 0 Å². The first kappa shape index (κ1) is 14.6. The Balaban J connectivity index is 1.67. The van der Waals surface area contributed by atoms with Gasteiger partial charge in [-0.05, 0) is 76.0 Å². The summed E-state index contributed by atoms with van der Waals surface area (Å²) in [6, 6.07) is 2.46. The van der Waals surface area contributed by atoms with Crippen molar-refractivity contribution in [2.75, 3.05) is 0 Å². The Morgan fingerprint density at radius 3 is 2.05 bits per heavy atom. The summed E-state index contributed by atoms with van der Waals surface area (Å²) in [6.07, 6.45) is 18.0. The highest BCUT2D eigenvalue weighted by molar-refractivity contribution is 4.89. The molecule has 0 aromatic carbocycles. The van der Waals surface area contributed by atoms with Gasteiger partial charge in [0.15, 0.2) is 0 Å². The van der Waals surface area contributed by atoms with Crippen LogP contribution in [0.5, 0.6) is 0 Å². The van der Waals surface area contributed by atoms with E-state index in [9.17, 15) is 0 Å². The van der Waals surface area contributed by atoms with Crippen LogP contribution in [-0.4, -0.2) is 0 Å². The van der Waals surface area contributed by atoms with Gasteiger partial charge in [-0.1, -0.05) is 25.0 Å². The molecule has 2 fully saturated rings. The van der Waals surface area contributed by atoms with Crippen LogP contribution in [0, 0.1) is 35.0 Å². The average molecular weight is 259 g/mol. The van der Waals surface area contributed by atoms with Crippen LogP contribution in [0.15, 0.2) is 12.2 Å².